The van der Waals surface area contributed by atoms with Crippen molar-refractivity contribution in [3.8, 4) is 0 Å². The van der Waals surface area contributed by atoms with Gasteiger partial charge < -0.3 is 4.90 Å². The fraction of sp³-hybridized carbons (Fsp3) is 0.423. The molecule has 2 saturated heterocycles. The SMILES string of the molecule is O=C1CCC(N2Cc3cc([C@@H]4CCCN(Cc5ccccc5)CC4)ccc3C2=O)C(=O)N1. The van der Waals surface area contributed by atoms with Gasteiger partial charge in [-0.15, -0.1) is 0 Å². The highest BCUT2D eigenvalue weighted by atomic mass is 16.2. The number of likely N-dealkylation sites (tertiary alicyclic amines) is 1. The van der Waals surface area contributed by atoms with Crippen LogP contribution in [0.4, 0.5) is 0 Å². The zero-order valence-electron chi connectivity index (χ0n) is 18.3. The lowest BCUT2D eigenvalue weighted by atomic mass is 9.90. The van der Waals surface area contributed by atoms with Crippen LogP contribution in [-0.4, -0.2) is 46.7 Å². The molecule has 3 aliphatic heterocycles. The van der Waals surface area contributed by atoms with E-state index < -0.39 is 6.04 Å². The van der Waals surface area contributed by atoms with Gasteiger partial charge in [0.15, 0.2) is 0 Å². The van der Waals surface area contributed by atoms with Crippen LogP contribution in [0.3, 0.4) is 0 Å². The molecule has 0 saturated carbocycles. The van der Waals surface area contributed by atoms with Crippen LogP contribution in [0.5, 0.6) is 0 Å². The number of rotatable bonds is 4. The summed E-state index contributed by atoms with van der Waals surface area (Å²) >= 11 is 0. The summed E-state index contributed by atoms with van der Waals surface area (Å²) in [4.78, 5) is 40.8. The Bertz CT molecular complexity index is 1040. The van der Waals surface area contributed by atoms with Gasteiger partial charge >= 0.3 is 0 Å². The number of carbonyl (C=O) groups excluding carboxylic acids is 3. The first-order chi connectivity index (χ1) is 15.6. The highest BCUT2D eigenvalue weighted by molar-refractivity contribution is 6.05. The normalized spacial score (nSPS) is 24.2. The number of hydrogen-bond acceptors (Lipinski definition) is 4. The van der Waals surface area contributed by atoms with E-state index in [9.17, 15) is 14.4 Å². The Hall–Kier alpha value is -2.99. The van der Waals surface area contributed by atoms with E-state index in [0.717, 1.165) is 44.5 Å². The van der Waals surface area contributed by atoms with Crippen LogP contribution in [0, 0.1) is 0 Å². The zero-order chi connectivity index (χ0) is 22.1. The molecule has 2 aromatic carbocycles. The molecule has 0 bridgehead atoms. The van der Waals surface area contributed by atoms with Gasteiger partial charge in [0, 0.05) is 25.1 Å². The van der Waals surface area contributed by atoms with E-state index in [-0.39, 0.29) is 24.1 Å². The second kappa shape index (κ2) is 8.87. The Kier molecular flexibility index (Phi) is 5.79. The molecule has 5 rings (SSSR count). The van der Waals surface area contributed by atoms with E-state index in [0.29, 0.717) is 24.4 Å². The average molecular weight is 432 g/mol. The van der Waals surface area contributed by atoms with E-state index >= 15 is 0 Å². The molecule has 0 aliphatic carbocycles. The van der Waals surface area contributed by atoms with Gasteiger partial charge in [0.25, 0.3) is 5.91 Å². The number of nitrogens with one attached hydrogen (secondary N) is 1. The molecule has 1 unspecified atom stereocenters. The maximum absolute atomic E-state index is 12.9. The number of fused-ring (bicyclic) bond motifs is 1. The third kappa shape index (κ3) is 4.19. The fourth-order valence-electron chi connectivity index (χ4n) is 5.34. The molecule has 6 nitrogen and oxygen atoms in total. The minimum absolute atomic E-state index is 0.101. The van der Waals surface area contributed by atoms with Crippen LogP contribution in [0.25, 0.3) is 0 Å². The Morgan fingerprint density at radius 2 is 1.78 bits per heavy atom. The van der Waals surface area contributed by atoms with E-state index in [1.54, 1.807) is 4.90 Å². The third-order valence-electron chi connectivity index (χ3n) is 7.09. The van der Waals surface area contributed by atoms with Gasteiger partial charge in [-0.2, -0.15) is 0 Å². The summed E-state index contributed by atoms with van der Waals surface area (Å²) in [6.45, 7) is 3.62. The van der Waals surface area contributed by atoms with Crippen molar-refractivity contribution < 1.29 is 14.4 Å². The molecule has 1 N–H and O–H groups in total. The number of hydrogen-bond donors (Lipinski definition) is 1. The summed E-state index contributed by atoms with van der Waals surface area (Å²) < 4.78 is 0. The maximum atomic E-state index is 12.9. The molecular weight excluding hydrogens is 402 g/mol. The van der Waals surface area contributed by atoms with Crippen LogP contribution in [0.15, 0.2) is 48.5 Å². The Morgan fingerprint density at radius 3 is 2.59 bits per heavy atom. The molecule has 6 heteroatoms. The maximum Gasteiger partial charge on any atom is 0.255 e. The fourth-order valence-corrected chi connectivity index (χ4v) is 5.34. The van der Waals surface area contributed by atoms with Crippen molar-refractivity contribution in [2.24, 2.45) is 0 Å². The van der Waals surface area contributed by atoms with Crippen molar-refractivity contribution >= 4 is 17.7 Å². The highest BCUT2D eigenvalue weighted by Crippen LogP contribution is 2.33. The molecule has 2 fully saturated rings. The van der Waals surface area contributed by atoms with E-state index in [4.69, 9.17) is 0 Å². The van der Waals surface area contributed by atoms with E-state index in [1.165, 1.54) is 11.1 Å². The summed E-state index contributed by atoms with van der Waals surface area (Å²) in [7, 11) is 0. The number of piperidine rings is 1. The summed E-state index contributed by atoms with van der Waals surface area (Å²) in [5.41, 5.74) is 4.35. The number of imide groups is 1. The molecule has 3 heterocycles. The van der Waals surface area contributed by atoms with Gasteiger partial charge in [-0.05, 0) is 67.4 Å². The first kappa shape index (κ1) is 20.9. The molecule has 2 atom stereocenters. The van der Waals surface area contributed by atoms with Crippen molar-refractivity contribution in [2.75, 3.05) is 13.1 Å². The second-order valence-corrected chi connectivity index (χ2v) is 9.21. The summed E-state index contributed by atoms with van der Waals surface area (Å²) in [5, 5.41) is 2.37. The van der Waals surface area contributed by atoms with E-state index in [1.807, 2.05) is 6.07 Å². The van der Waals surface area contributed by atoms with Gasteiger partial charge in [-0.3, -0.25) is 24.6 Å². The molecule has 0 aromatic heterocycles. The lowest BCUT2D eigenvalue weighted by molar-refractivity contribution is -0.136. The van der Waals surface area contributed by atoms with Crippen LogP contribution in [-0.2, 0) is 22.7 Å². The van der Waals surface area contributed by atoms with Crippen LogP contribution in [0.2, 0.25) is 0 Å². The van der Waals surface area contributed by atoms with Crippen molar-refractivity contribution in [1.82, 2.24) is 15.1 Å². The highest BCUT2D eigenvalue weighted by Gasteiger charge is 2.39. The van der Waals surface area contributed by atoms with Gasteiger partial charge in [0.1, 0.15) is 6.04 Å². The van der Waals surface area contributed by atoms with Crippen molar-refractivity contribution in [3.05, 3.63) is 70.8 Å². The van der Waals surface area contributed by atoms with Crippen molar-refractivity contribution in [3.63, 3.8) is 0 Å². The third-order valence-corrected chi connectivity index (χ3v) is 7.09. The smallest absolute Gasteiger partial charge is 0.255 e. The largest absolute Gasteiger partial charge is 0.322 e. The number of benzene rings is 2. The quantitative estimate of drug-likeness (QED) is 0.755. The van der Waals surface area contributed by atoms with Crippen LogP contribution in [0.1, 0.15) is 65.1 Å². The standard InChI is InChI=1S/C26H29N3O3/c30-24-11-10-23(25(31)27-24)29-17-21-15-20(8-9-22(21)26(29)32)19-7-4-13-28(14-12-19)16-18-5-2-1-3-6-18/h1-3,5-6,8-9,15,19,23H,4,7,10-14,16-17H2,(H,27,30,31)/t19-,23?/m1/s1. The van der Waals surface area contributed by atoms with E-state index in [2.05, 4.69) is 52.7 Å². The number of nitrogens with zero attached hydrogens (tertiary/aromatic N) is 2. The zero-order valence-corrected chi connectivity index (χ0v) is 18.3. The monoisotopic (exact) mass is 431 g/mol. The first-order valence-corrected chi connectivity index (χ1v) is 11.6. The number of amides is 3. The Morgan fingerprint density at radius 1 is 0.938 bits per heavy atom. The minimum Gasteiger partial charge on any atom is -0.322 e. The molecule has 2 aromatic rings. The predicted molar refractivity (Wildman–Crippen MR) is 121 cm³/mol. The molecule has 3 aliphatic rings. The molecule has 0 radical (unpaired) electrons. The molecule has 32 heavy (non-hydrogen) atoms. The summed E-state index contributed by atoms with van der Waals surface area (Å²) in [6, 6.07) is 16.3. The number of carbonyl (C=O) groups is 3. The van der Waals surface area contributed by atoms with Gasteiger partial charge in [0.2, 0.25) is 11.8 Å². The van der Waals surface area contributed by atoms with Gasteiger partial charge in [0.05, 0.1) is 0 Å². The van der Waals surface area contributed by atoms with Gasteiger partial charge in [-0.25, -0.2) is 0 Å². The van der Waals surface area contributed by atoms with Crippen molar-refractivity contribution in [1.29, 1.82) is 0 Å². The lowest BCUT2D eigenvalue weighted by Gasteiger charge is -2.29. The molecule has 0 spiro atoms. The van der Waals surface area contributed by atoms with Crippen molar-refractivity contribution in [2.45, 2.75) is 57.2 Å². The Labute approximate surface area is 188 Å². The molecule has 3 amide bonds. The van der Waals surface area contributed by atoms with Crippen LogP contribution >= 0.6 is 0 Å². The lowest BCUT2D eigenvalue weighted by Crippen LogP contribution is -2.52. The topological polar surface area (TPSA) is 69.7 Å². The second-order valence-electron chi connectivity index (χ2n) is 9.21. The Balaban J connectivity index is 1.26. The molecular formula is C26H29N3O3. The minimum atomic E-state index is -0.555. The summed E-state index contributed by atoms with van der Waals surface area (Å²) in [6.07, 6.45) is 4.10. The molecule has 166 valence electrons. The summed E-state index contributed by atoms with van der Waals surface area (Å²) in [5.74, 6) is -0.228. The predicted octanol–water partition coefficient (Wildman–Crippen LogP) is 3.22. The average Bonchev–Trinajstić information content (AvgIpc) is 2.95. The van der Waals surface area contributed by atoms with Gasteiger partial charge in [-0.1, -0.05) is 42.5 Å². The first-order valence-electron chi connectivity index (χ1n) is 11.6. The van der Waals surface area contributed by atoms with Crippen LogP contribution < -0.4 is 5.32 Å².